The maximum absolute atomic E-state index is 12.7. The molecule has 2 rings (SSSR count). The first-order valence-electron chi connectivity index (χ1n) is 6.71. The van der Waals surface area contributed by atoms with Crippen LogP contribution >= 0.6 is 0 Å². The van der Waals surface area contributed by atoms with Crippen molar-refractivity contribution < 1.29 is 13.5 Å². The molecule has 0 aliphatic carbocycles. The molecule has 0 spiro atoms. The summed E-state index contributed by atoms with van der Waals surface area (Å²) >= 11 is 0. The molecule has 0 aliphatic heterocycles. The molecule has 2 nitrogen and oxygen atoms in total. The van der Waals surface area contributed by atoms with E-state index in [0.717, 1.165) is 10.9 Å². The molecule has 0 saturated carbocycles. The van der Waals surface area contributed by atoms with Crippen molar-refractivity contribution in [2.45, 2.75) is 39.5 Å². The normalized spacial score (nSPS) is 13.2. The number of nitrogens with one attached hydrogen (secondary N) is 1. The number of fused-ring (bicyclic) bond motifs is 1. The molecule has 0 radical (unpaired) electrons. The van der Waals surface area contributed by atoms with E-state index in [9.17, 15) is 8.78 Å². The molecule has 0 heterocycles. The topological polar surface area (TPSA) is 21.3 Å². The van der Waals surface area contributed by atoms with Crippen LogP contribution in [0.4, 0.5) is 8.78 Å². The number of hydrogen-bond donors (Lipinski definition) is 1. The van der Waals surface area contributed by atoms with Crippen molar-refractivity contribution in [2.24, 2.45) is 0 Å². The summed E-state index contributed by atoms with van der Waals surface area (Å²) in [5.41, 5.74) is 0.748. The molecule has 20 heavy (non-hydrogen) atoms. The van der Waals surface area contributed by atoms with E-state index in [1.807, 2.05) is 51.1 Å². The fourth-order valence-corrected chi connectivity index (χ4v) is 2.41. The Morgan fingerprint density at radius 3 is 2.35 bits per heavy atom. The largest absolute Gasteiger partial charge is 0.434 e. The maximum Gasteiger partial charge on any atom is 0.387 e. The predicted molar refractivity (Wildman–Crippen MR) is 77.3 cm³/mol. The van der Waals surface area contributed by atoms with Gasteiger partial charge in [-0.15, -0.1) is 0 Å². The maximum atomic E-state index is 12.7. The summed E-state index contributed by atoms with van der Waals surface area (Å²) in [7, 11) is 0. The molecule has 108 valence electrons. The van der Waals surface area contributed by atoms with Crippen molar-refractivity contribution in [1.82, 2.24) is 5.32 Å². The first-order chi connectivity index (χ1) is 9.49. The van der Waals surface area contributed by atoms with Gasteiger partial charge in [-0.1, -0.05) is 50.2 Å². The van der Waals surface area contributed by atoms with Crippen LogP contribution in [0, 0.1) is 0 Å². The van der Waals surface area contributed by atoms with Crippen LogP contribution in [-0.4, -0.2) is 12.7 Å². The zero-order chi connectivity index (χ0) is 14.7. The first-order valence-corrected chi connectivity index (χ1v) is 6.71. The van der Waals surface area contributed by atoms with E-state index < -0.39 is 6.61 Å². The molecular formula is C16H19F2NO. The second-order valence-corrected chi connectivity index (χ2v) is 5.13. The Kier molecular flexibility index (Phi) is 4.55. The highest BCUT2D eigenvalue weighted by atomic mass is 19.3. The molecular weight excluding hydrogens is 260 g/mol. The summed E-state index contributed by atoms with van der Waals surface area (Å²) in [4.78, 5) is 0. The number of ether oxygens (including phenoxy) is 1. The van der Waals surface area contributed by atoms with Crippen molar-refractivity contribution in [2.75, 3.05) is 0 Å². The van der Waals surface area contributed by atoms with Crippen LogP contribution in [0.1, 0.15) is 32.4 Å². The van der Waals surface area contributed by atoms with E-state index in [0.29, 0.717) is 5.39 Å². The molecule has 0 aromatic heterocycles. The predicted octanol–water partition coefficient (Wildman–Crippen LogP) is 4.50. The Bertz CT molecular complexity index is 584. The van der Waals surface area contributed by atoms with Crippen LogP contribution in [0.3, 0.4) is 0 Å². The SMILES string of the molecule is CC(C)NC(C)c1ccc2ccccc2c1OC(F)F. The average Bonchev–Trinajstić information content (AvgIpc) is 2.37. The summed E-state index contributed by atoms with van der Waals surface area (Å²) in [5.74, 6) is 0.263. The van der Waals surface area contributed by atoms with Crippen molar-refractivity contribution in [3.8, 4) is 5.75 Å². The average molecular weight is 279 g/mol. The van der Waals surface area contributed by atoms with E-state index in [2.05, 4.69) is 5.32 Å². The highest BCUT2D eigenvalue weighted by molar-refractivity contribution is 5.89. The lowest BCUT2D eigenvalue weighted by molar-refractivity contribution is -0.0496. The Morgan fingerprint density at radius 1 is 1.00 bits per heavy atom. The fraction of sp³-hybridized carbons (Fsp3) is 0.375. The van der Waals surface area contributed by atoms with E-state index in [1.165, 1.54) is 0 Å². The minimum atomic E-state index is -2.83. The highest BCUT2D eigenvalue weighted by Gasteiger charge is 2.18. The Labute approximate surface area is 117 Å². The minimum Gasteiger partial charge on any atom is -0.434 e. The van der Waals surface area contributed by atoms with Crippen LogP contribution in [0.5, 0.6) is 5.75 Å². The van der Waals surface area contributed by atoms with E-state index in [4.69, 9.17) is 4.74 Å². The van der Waals surface area contributed by atoms with Crippen LogP contribution in [0.15, 0.2) is 36.4 Å². The number of benzene rings is 2. The molecule has 0 fully saturated rings. The lowest BCUT2D eigenvalue weighted by Gasteiger charge is -2.21. The second kappa shape index (κ2) is 6.18. The molecule has 0 bridgehead atoms. The van der Waals surface area contributed by atoms with Gasteiger partial charge >= 0.3 is 6.61 Å². The van der Waals surface area contributed by atoms with Crippen molar-refractivity contribution in [3.63, 3.8) is 0 Å². The number of hydrogen-bond acceptors (Lipinski definition) is 2. The lowest BCUT2D eigenvalue weighted by Crippen LogP contribution is -2.26. The van der Waals surface area contributed by atoms with Gasteiger partial charge in [0.2, 0.25) is 0 Å². The molecule has 2 aromatic carbocycles. The summed E-state index contributed by atoms with van der Waals surface area (Å²) in [5, 5.41) is 4.92. The van der Waals surface area contributed by atoms with Crippen LogP contribution in [0.2, 0.25) is 0 Å². The Balaban J connectivity index is 2.52. The van der Waals surface area contributed by atoms with Crippen molar-refractivity contribution in [1.29, 1.82) is 0 Å². The van der Waals surface area contributed by atoms with Crippen molar-refractivity contribution in [3.05, 3.63) is 42.0 Å². The highest BCUT2D eigenvalue weighted by Crippen LogP contribution is 2.34. The van der Waals surface area contributed by atoms with Gasteiger partial charge in [-0.2, -0.15) is 8.78 Å². The molecule has 1 N–H and O–H groups in total. The fourth-order valence-electron chi connectivity index (χ4n) is 2.41. The van der Waals surface area contributed by atoms with Gasteiger partial charge in [-0.3, -0.25) is 0 Å². The van der Waals surface area contributed by atoms with Gasteiger partial charge in [0.05, 0.1) is 0 Å². The number of alkyl halides is 2. The molecule has 0 amide bonds. The summed E-state index contributed by atoms with van der Waals surface area (Å²) in [6.45, 7) is 3.16. The van der Waals surface area contributed by atoms with Crippen molar-refractivity contribution >= 4 is 10.8 Å². The van der Waals surface area contributed by atoms with E-state index >= 15 is 0 Å². The Hall–Kier alpha value is -1.68. The number of halogens is 2. The molecule has 1 unspecified atom stereocenters. The van der Waals surface area contributed by atoms with Gasteiger partial charge < -0.3 is 10.1 Å². The Morgan fingerprint density at radius 2 is 1.70 bits per heavy atom. The van der Waals surface area contributed by atoms with E-state index in [1.54, 1.807) is 6.07 Å². The van der Waals surface area contributed by atoms with Gasteiger partial charge in [0.1, 0.15) is 5.75 Å². The van der Waals surface area contributed by atoms with E-state index in [-0.39, 0.29) is 17.8 Å². The third-order valence-corrected chi connectivity index (χ3v) is 3.17. The smallest absolute Gasteiger partial charge is 0.387 e. The zero-order valence-corrected chi connectivity index (χ0v) is 11.9. The zero-order valence-electron chi connectivity index (χ0n) is 11.9. The van der Waals surface area contributed by atoms with Crippen LogP contribution in [0.25, 0.3) is 10.8 Å². The summed E-state index contributed by atoms with van der Waals surface area (Å²) in [6.07, 6.45) is 0. The monoisotopic (exact) mass is 279 g/mol. The quantitative estimate of drug-likeness (QED) is 0.870. The standard InChI is InChI=1S/C16H19F2NO/c1-10(2)19-11(3)13-9-8-12-6-4-5-7-14(12)15(13)20-16(17)18/h4-11,16,19H,1-3H3. The van der Waals surface area contributed by atoms with Gasteiger partial charge in [-0.05, 0) is 12.3 Å². The molecule has 2 aromatic rings. The minimum absolute atomic E-state index is 0.0617. The molecule has 1 atom stereocenters. The summed E-state index contributed by atoms with van der Waals surface area (Å²) in [6, 6.07) is 11.4. The van der Waals surface area contributed by atoms with Gasteiger partial charge in [0.15, 0.2) is 0 Å². The van der Waals surface area contributed by atoms with Crippen LogP contribution in [-0.2, 0) is 0 Å². The molecule has 0 aliphatic rings. The van der Waals surface area contributed by atoms with Gasteiger partial charge in [0.25, 0.3) is 0 Å². The van der Waals surface area contributed by atoms with Gasteiger partial charge in [0, 0.05) is 23.0 Å². The third-order valence-electron chi connectivity index (χ3n) is 3.17. The lowest BCUT2D eigenvalue weighted by atomic mass is 10.0. The second-order valence-electron chi connectivity index (χ2n) is 5.13. The molecule has 0 saturated heterocycles. The third kappa shape index (κ3) is 3.25. The van der Waals surface area contributed by atoms with Gasteiger partial charge in [-0.25, -0.2) is 0 Å². The van der Waals surface area contributed by atoms with Crippen LogP contribution < -0.4 is 10.1 Å². The molecule has 4 heteroatoms. The summed E-state index contributed by atoms with van der Waals surface area (Å²) < 4.78 is 30.2. The number of rotatable bonds is 5. The first kappa shape index (κ1) is 14.7.